The summed E-state index contributed by atoms with van der Waals surface area (Å²) in [5, 5.41) is 7.44. The first-order valence-corrected chi connectivity index (χ1v) is 11.7. The van der Waals surface area contributed by atoms with E-state index >= 15 is 0 Å². The lowest BCUT2D eigenvalue weighted by molar-refractivity contribution is -0.117. The summed E-state index contributed by atoms with van der Waals surface area (Å²) in [6.45, 7) is 10.9. The third-order valence-electron chi connectivity index (χ3n) is 4.68. The number of carbonyl (C=O) groups excluding carboxylic acids is 3. The second-order valence-corrected chi connectivity index (χ2v) is 7.60. The zero-order valence-electron chi connectivity index (χ0n) is 21.3. The van der Waals surface area contributed by atoms with E-state index in [1.165, 1.54) is 29.8 Å². The maximum absolute atomic E-state index is 12.9. The highest BCUT2D eigenvalue weighted by Crippen LogP contribution is 2.14. The number of anilines is 1. The number of hydrogen-bond acceptors (Lipinski definition) is 3. The second kappa shape index (κ2) is 18.3. The van der Waals surface area contributed by atoms with Crippen LogP contribution in [-0.2, 0) is 27.3 Å². The number of rotatable bonds is 9. The Morgan fingerprint density at radius 2 is 1.26 bits per heavy atom. The Morgan fingerprint density at radius 3 is 1.85 bits per heavy atom. The molecule has 0 aromatic heterocycles. The smallest absolute Gasteiger partial charge is 0.247 e. The lowest BCUT2D eigenvalue weighted by atomic mass is 10.1. The van der Waals surface area contributed by atoms with E-state index in [4.69, 9.17) is 0 Å². The molecule has 0 aliphatic rings. The van der Waals surface area contributed by atoms with Gasteiger partial charge in [0.15, 0.2) is 0 Å². The van der Waals surface area contributed by atoms with Crippen LogP contribution in [0.3, 0.4) is 0 Å². The lowest BCUT2D eigenvalue weighted by Gasteiger charge is -2.02. The van der Waals surface area contributed by atoms with Gasteiger partial charge in [0.05, 0.1) is 5.69 Å². The predicted molar refractivity (Wildman–Crippen MR) is 153 cm³/mol. The van der Waals surface area contributed by atoms with Gasteiger partial charge in [-0.2, -0.15) is 0 Å². The first-order chi connectivity index (χ1) is 18.7. The molecule has 0 atom stereocenters. The van der Waals surface area contributed by atoms with Gasteiger partial charge in [-0.15, -0.1) is 0 Å². The van der Waals surface area contributed by atoms with Crippen LogP contribution in [0.25, 0.3) is 0 Å². The molecule has 3 amide bonds. The van der Waals surface area contributed by atoms with E-state index in [2.05, 4.69) is 35.7 Å². The SMILES string of the molecule is C=CC(=O)NCCc1ccccc1.C=CC(=O)NCc1ccc(F)cc1.C=CC(=O)Nc1cc(F)ccc1F.[HH].[HH].[HH]. The van der Waals surface area contributed by atoms with Crippen molar-refractivity contribution in [1.29, 1.82) is 0 Å². The van der Waals surface area contributed by atoms with E-state index in [-0.39, 0.29) is 27.6 Å². The fourth-order valence-corrected chi connectivity index (χ4v) is 2.69. The molecule has 0 unspecified atom stereocenters. The van der Waals surface area contributed by atoms with Crippen LogP contribution < -0.4 is 16.0 Å². The van der Waals surface area contributed by atoms with E-state index in [1.54, 1.807) is 12.1 Å². The van der Waals surface area contributed by atoms with Crippen LogP contribution in [0.15, 0.2) is 111 Å². The first kappa shape index (κ1) is 32.1. The Kier molecular flexibility index (Phi) is 15.1. The van der Waals surface area contributed by atoms with Crippen molar-refractivity contribution < 1.29 is 31.8 Å². The standard InChI is InChI=1S/C11H13NO.C10H10FNO.C9H7F2NO.3H2/c1-2-11(13)12-9-8-10-6-4-3-5-7-10;1-2-10(13)12-7-8-3-5-9(11)6-4-8;1-2-9(13)12-8-5-6(10)3-4-7(8)11;;;/h2-7H,1,8-9H2,(H,12,13);2-6H,1,7H2,(H,12,13);2-5H,1H2,(H,12,13);3*1H. The quantitative estimate of drug-likeness (QED) is 0.290. The summed E-state index contributed by atoms with van der Waals surface area (Å²) < 4.78 is 37.9. The number of nitrogens with one attached hydrogen (secondary N) is 3. The molecule has 0 aliphatic heterocycles. The van der Waals surface area contributed by atoms with Crippen LogP contribution in [0.5, 0.6) is 0 Å². The zero-order valence-corrected chi connectivity index (χ0v) is 21.3. The number of hydrogen-bond donors (Lipinski definition) is 3. The summed E-state index contributed by atoms with van der Waals surface area (Å²) in [6.07, 6.45) is 4.32. The summed E-state index contributed by atoms with van der Waals surface area (Å²) >= 11 is 0. The highest BCUT2D eigenvalue weighted by Gasteiger charge is 2.05. The first-order valence-electron chi connectivity index (χ1n) is 11.7. The van der Waals surface area contributed by atoms with Gasteiger partial charge < -0.3 is 16.0 Å². The Hall–Kier alpha value is -4.92. The van der Waals surface area contributed by atoms with Gasteiger partial charge in [-0.05, 0) is 60.0 Å². The molecule has 0 spiro atoms. The third kappa shape index (κ3) is 14.4. The topological polar surface area (TPSA) is 87.3 Å². The average Bonchev–Trinajstić information content (AvgIpc) is 2.95. The van der Waals surface area contributed by atoms with Crippen LogP contribution in [0, 0.1) is 17.5 Å². The van der Waals surface area contributed by atoms with Crippen molar-refractivity contribution in [2.24, 2.45) is 0 Å². The van der Waals surface area contributed by atoms with Gasteiger partial charge in [-0.1, -0.05) is 62.2 Å². The number of carbonyl (C=O) groups is 3. The zero-order chi connectivity index (χ0) is 29.0. The summed E-state index contributed by atoms with van der Waals surface area (Å²) in [6, 6.07) is 18.8. The van der Waals surface area contributed by atoms with Crippen LogP contribution in [-0.4, -0.2) is 24.3 Å². The van der Waals surface area contributed by atoms with Gasteiger partial charge in [-0.3, -0.25) is 14.4 Å². The van der Waals surface area contributed by atoms with E-state index in [1.807, 2.05) is 30.3 Å². The van der Waals surface area contributed by atoms with Crippen molar-refractivity contribution in [3.8, 4) is 0 Å². The molecule has 3 aromatic carbocycles. The Labute approximate surface area is 230 Å². The normalized spacial score (nSPS) is 9.31. The molecule has 6 nitrogen and oxygen atoms in total. The van der Waals surface area contributed by atoms with Gasteiger partial charge in [-0.25, -0.2) is 13.2 Å². The molecule has 0 saturated heterocycles. The molecule has 0 bridgehead atoms. The largest absolute Gasteiger partial charge is 0.352 e. The fraction of sp³-hybridized carbons (Fsp3) is 0.100. The molecule has 210 valence electrons. The molecular weight excluding hydrogens is 507 g/mol. The van der Waals surface area contributed by atoms with Gasteiger partial charge >= 0.3 is 0 Å². The maximum Gasteiger partial charge on any atom is 0.247 e. The fourth-order valence-electron chi connectivity index (χ4n) is 2.69. The Morgan fingerprint density at radius 1 is 0.692 bits per heavy atom. The number of halogens is 3. The minimum Gasteiger partial charge on any atom is -0.352 e. The highest BCUT2D eigenvalue weighted by molar-refractivity contribution is 5.98. The minimum atomic E-state index is -0.684. The molecule has 0 radical (unpaired) electrons. The highest BCUT2D eigenvalue weighted by atomic mass is 19.1. The molecule has 39 heavy (non-hydrogen) atoms. The van der Waals surface area contributed by atoms with E-state index in [9.17, 15) is 27.6 Å². The van der Waals surface area contributed by atoms with Gasteiger partial charge in [0.1, 0.15) is 17.5 Å². The summed E-state index contributed by atoms with van der Waals surface area (Å²) in [5.41, 5.74) is 1.90. The Bertz CT molecular complexity index is 1260. The molecular formula is C30H36F3N3O3. The van der Waals surface area contributed by atoms with Crippen molar-refractivity contribution in [3.63, 3.8) is 0 Å². The van der Waals surface area contributed by atoms with Crippen LogP contribution in [0.2, 0.25) is 0 Å². The predicted octanol–water partition coefficient (Wildman–Crippen LogP) is 5.99. The van der Waals surface area contributed by atoms with E-state index in [0.29, 0.717) is 13.1 Å². The molecule has 0 saturated carbocycles. The molecule has 3 N–H and O–H groups in total. The molecule has 3 rings (SSSR count). The summed E-state index contributed by atoms with van der Waals surface area (Å²) in [7, 11) is 0. The van der Waals surface area contributed by atoms with Crippen molar-refractivity contribution >= 4 is 23.4 Å². The van der Waals surface area contributed by atoms with Crippen molar-refractivity contribution in [1.82, 2.24) is 10.6 Å². The molecule has 0 aliphatic carbocycles. The van der Waals surface area contributed by atoms with Crippen LogP contribution >= 0.6 is 0 Å². The average molecular weight is 544 g/mol. The van der Waals surface area contributed by atoms with E-state index < -0.39 is 17.5 Å². The van der Waals surface area contributed by atoms with Crippen LogP contribution in [0.1, 0.15) is 15.4 Å². The molecule has 0 heterocycles. The van der Waals surface area contributed by atoms with Crippen LogP contribution in [0.4, 0.5) is 18.9 Å². The Balaban J connectivity index is -0.000000524. The van der Waals surface area contributed by atoms with E-state index in [0.717, 1.165) is 36.3 Å². The van der Waals surface area contributed by atoms with Crippen molar-refractivity contribution in [2.75, 3.05) is 11.9 Å². The van der Waals surface area contributed by atoms with Crippen molar-refractivity contribution in [2.45, 2.75) is 13.0 Å². The monoisotopic (exact) mass is 543 g/mol. The maximum atomic E-state index is 12.9. The molecule has 3 aromatic rings. The minimum absolute atomic E-state index is 0. The third-order valence-corrected chi connectivity index (χ3v) is 4.68. The second-order valence-electron chi connectivity index (χ2n) is 7.60. The molecule has 0 fully saturated rings. The van der Waals surface area contributed by atoms with Crippen molar-refractivity contribution in [3.05, 3.63) is 139 Å². The molecule has 9 heteroatoms. The number of benzene rings is 3. The summed E-state index contributed by atoms with van der Waals surface area (Å²) in [4.78, 5) is 32.2. The number of amides is 3. The van der Waals surface area contributed by atoms with Gasteiger partial charge in [0.2, 0.25) is 17.7 Å². The van der Waals surface area contributed by atoms with Gasteiger partial charge in [0.25, 0.3) is 0 Å². The van der Waals surface area contributed by atoms with Gasteiger partial charge in [0, 0.05) is 23.4 Å². The summed E-state index contributed by atoms with van der Waals surface area (Å²) in [5.74, 6) is -2.50. The lowest BCUT2D eigenvalue weighted by Crippen LogP contribution is -2.23.